The van der Waals surface area contributed by atoms with Gasteiger partial charge in [0.1, 0.15) is 18.1 Å². The fourth-order valence-corrected chi connectivity index (χ4v) is 2.86. The van der Waals surface area contributed by atoms with Gasteiger partial charge in [-0.25, -0.2) is 4.39 Å². The van der Waals surface area contributed by atoms with Gasteiger partial charge in [-0.05, 0) is 36.4 Å². The van der Waals surface area contributed by atoms with E-state index in [1.807, 2.05) is 24.3 Å². The number of rotatable bonds is 3. The molecule has 1 aliphatic heterocycles. The number of piperazine rings is 1. The highest BCUT2D eigenvalue weighted by Crippen LogP contribution is 2.14. The van der Waals surface area contributed by atoms with Gasteiger partial charge in [0.15, 0.2) is 0 Å². The third-order valence-electron chi connectivity index (χ3n) is 4.03. The van der Waals surface area contributed by atoms with E-state index in [1.165, 1.54) is 22.6 Å². The summed E-state index contributed by atoms with van der Waals surface area (Å²) in [6.07, 6.45) is 0. The SMILES string of the molecule is Oc1cccc(C[NH+]2CCN(c3ccc(F)cc3)CC2)c1. The topological polar surface area (TPSA) is 27.9 Å². The lowest BCUT2D eigenvalue weighted by Crippen LogP contribution is -3.13. The monoisotopic (exact) mass is 287 g/mol. The molecule has 0 bridgehead atoms. The predicted octanol–water partition coefficient (Wildman–Crippen LogP) is 1.44. The van der Waals surface area contributed by atoms with Crippen LogP contribution in [0, 0.1) is 5.82 Å². The fraction of sp³-hybridized carbons (Fsp3) is 0.294. The van der Waals surface area contributed by atoms with Crippen molar-refractivity contribution in [1.29, 1.82) is 0 Å². The summed E-state index contributed by atoms with van der Waals surface area (Å²) in [5.41, 5.74) is 2.26. The Morgan fingerprint density at radius 3 is 2.43 bits per heavy atom. The molecule has 0 amide bonds. The minimum Gasteiger partial charge on any atom is -0.508 e. The lowest BCUT2D eigenvalue weighted by atomic mass is 10.2. The minimum absolute atomic E-state index is 0.188. The molecular formula is C17H20FN2O+. The smallest absolute Gasteiger partial charge is 0.123 e. The molecule has 4 heteroatoms. The molecule has 0 aliphatic carbocycles. The van der Waals surface area contributed by atoms with Crippen molar-refractivity contribution >= 4 is 5.69 Å². The van der Waals surface area contributed by atoms with E-state index in [2.05, 4.69) is 11.0 Å². The minimum atomic E-state index is -0.188. The fourth-order valence-electron chi connectivity index (χ4n) is 2.86. The Morgan fingerprint density at radius 1 is 1.05 bits per heavy atom. The van der Waals surface area contributed by atoms with Crippen LogP contribution in [0.1, 0.15) is 5.56 Å². The molecule has 0 atom stereocenters. The first-order valence-corrected chi connectivity index (χ1v) is 7.33. The number of hydrogen-bond acceptors (Lipinski definition) is 2. The maximum atomic E-state index is 12.9. The average molecular weight is 287 g/mol. The van der Waals surface area contributed by atoms with Crippen LogP contribution >= 0.6 is 0 Å². The van der Waals surface area contributed by atoms with E-state index >= 15 is 0 Å². The van der Waals surface area contributed by atoms with E-state index < -0.39 is 0 Å². The summed E-state index contributed by atoms with van der Waals surface area (Å²) in [6.45, 7) is 4.98. The summed E-state index contributed by atoms with van der Waals surface area (Å²) in [6, 6.07) is 14.2. The number of phenolic OH excluding ortho intramolecular Hbond substituents is 1. The number of anilines is 1. The van der Waals surface area contributed by atoms with Crippen molar-refractivity contribution in [2.75, 3.05) is 31.1 Å². The van der Waals surface area contributed by atoms with E-state index in [-0.39, 0.29) is 5.82 Å². The molecule has 3 rings (SSSR count). The van der Waals surface area contributed by atoms with Crippen molar-refractivity contribution in [3.05, 3.63) is 59.9 Å². The molecule has 3 nitrogen and oxygen atoms in total. The molecule has 2 N–H and O–H groups in total. The van der Waals surface area contributed by atoms with Crippen LogP contribution < -0.4 is 9.80 Å². The molecule has 0 saturated carbocycles. The van der Waals surface area contributed by atoms with Crippen LogP contribution in [0.25, 0.3) is 0 Å². The Kier molecular flexibility index (Phi) is 4.06. The van der Waals surface area contributed by atoms with Crippen molar-refractivity contribution in [2.45, 2.75) is 6.54 Å². The lowest BCUT2D eigenvalue weighted by molar-refractivity contribution is -0.914. The van der Waals surface area contributed by atoms with Crippen LogP contribution in [-0.2, 0) is 6.54 Å². The van der Waals surface area contributed by atoms with Crippen LogP contribution in [0.5, 0.6) is 5.75 Å². The zero-order valence-corrected chi connectivity index (χ0v) is 11.9. The predicted molar refractivity (Wildman–Crippen MR) is 81.1 cm³/mol. The van der Waals surface area contributed by atoms with Crippen molar-refractivity contribution in [1.82, 2.24) is 0 Å². The summed E-state index contributed by atoms with van der Waals surface area (Å²) >= 11 is 0. The molecule has 0 unspecified atom stereocenters. The van der Waals surface area contributed by atoms with Crippen LogP contribution in [0.4, 0.5) is 10.1 Å². The number of hydrogen-bond donors (Lipinski definition) is 2. The molecule has 0 radical (unpaired) electrons. The molecule has 110 valence electrons. The molecule has 21 heavy (non-hydrogen) atoms. The van der Waals surface area contributed by atoms with Gasteiger partial charge in [0.25, 0.3) is 0 Å². The summed E-state index contributed by atoms with van der Waals surface area (Å²) in [5, 5.41) is 9.51. The average Bonchev–Trinajstić information content (AvgIpc) is 2.49. The van der Waals surface area contributed by atoms with Crippen molar-refractivity contribution in [3.8, 4) is 5.75 Å². The van der Waals surface area contributed by atoms with Gasteiger partial charge in [-0.2, -0.15) is 0 Å². The molecular weight excluding hydrogens is 267 g/mol. The van der Waals surface area contributed by atoms with Gasteiger partial charge in [0.2, 0.25) is 0 Å². The number of phenols is 1. The quantitative estimate of drug-likeness (QED) is 0.894. The molecule has 2 aromatic rings. The highest BCUT2D eigenvalue weighted by molar-refractivity contribution is 5.46. The van der Waals surface area contributed by atoms with E-state index in [9.17, 15) is 9.50 Å². The molecule has 0 spiro atoms. The number of halogens is 1. The number of benzene rings is 2. The lowest BCUT2D eigenvalue weighted by Gasteiger charge is -2.33. The van der Waals surface area contributed by atoms with E-state index in [0.29, 0.717) is 5.75 Å². The first kappa shape index (κ1) is 13.9. The normalized spacial score (nSPS) is 16.1. The van der Waals surface area contributed by atoms with Gasteiger partial charge in [0, 0.05) is 11.3 Å². The van der Waals surface area contributed by atoms with Crippen LogP contribution in [0.2, 0.25) is 0 Å². The summed E-state index contributed by atoms with van der Waals surface area (Å²) < 4.78 is 12.9. The Hall–Kier alpha value is -2.07. The zero-order chi connectivity index (χ0) is 14.7. The van der Waals surface area contributed by atoms with Gasteiger partial charge in [-0.15, -0.1) is 0 Å². The van der Waals surface area contributed by atoms with Crippen molar-refractivity contribution in [2.24, 2.45) is 0 Å². The van der Waals surface area contributed by atoms with Gasteiger partial charge in [-0.3, -0.25) is 0 Å². The molecule has 1 heterocycles. The molecule has 2 aromatic carbocycles. The van der Waals surface area contributed by atoms with Gasteiger partial charge in [0.05, 0.1) is 26.2 Å². The van der Waals surface area contributed by atoms with E-state index in [4.69, 9.17) is 0 Å². The standard InChI is InChI=1S/C17H19FN2O/c18-15-4-6-16(7-5-15)20-10-8-19(9-11-20)13-14-2-1-3-17(21)12-14/h1-7,12,21H,8-11,13H2/p+1. The van der Waals surface area contributed by atoms with Crippen LogP contribution in [-0.4, -0.2) is 31.3 Å². The zero-order valence-electron chi connectivity index (χ0n) is 11.9. The number of quaternary nitrogens is 1. The highest BCUT2D eigenvalue weighted by atomic mass is 19.1. The third-order valence-corrected chi connectivity index (χ3v) is 4.03. The van der Waals surface area contributed by atoms with E-state index in [0.717, 1.165) is 38.4 Å². The van der Waals surface area contributed by atoms with Gasteiger partial charge >= 0.3 is 0 Å². The Balaban J connectivity index is 1.56. The second kappa shape index (κ2) is 6.14. The molecule has 1 saturated heterocycles. The second-order valence-electron chi connectivity index (χ2n) is 5.56. The first-order chi connectivity index (χ1) is 10.2. The largest absolute Gasteiger partial charge is 0.508 e. The van der Waals surface area contributed by atoms with Gasteiger partial charge in [-0.1, -0.05) is 12.1 Å². The Morgan fingerprint density at radius 2 is 1.76 bits per heavy atom. The first-order valence-electron chi connectivity index (χ1n) is 7.33. The third kappa shape index (κ3) is 3.52. The number of nitrogens with one attached hydrogen (secondary N) is 1. The van der Waals surface area contributed by atoms with Crippen LogP contribution in [0.3, 0.4) is 0 Å². The second-order valence-corrected chi connectivity index (χ2v) is 5.56. The molecule has 1 aliphatic rings. The maximum Gasteiger partial charge on any atom is 0.123 e. The summed E-state index contributed by atoms with van der Waals surface area (Å²) in [4.78, 5) is 3.81. The summed E-state index contributed by atoms with van der Waals surface area (Å²) in [7, 11) is 0. The highest BCUT2D eigenvalue weighted by Gasteiger charge is 2.20. The summed E-state index contributed by atoms with van der Waals surface area (Å²) in [5.74, 6) is 0.142. The van der Waals surface area contributed by atoms with Crippen molar-refractivity contribution < 1.29 is 14.4 Å². The van der Waals surface area contributed by atoms with Crippen molar-refractivity contribution in [3.63, 3.8) is 0 Å². The maximum absolute atomic E-state index is 12.9. The Labute approximate surface area is 124 Å². The molecule has 0 aromatic heterocycles. The molecule has 1 fully saturated rings. The number of nitrogens with zero attached hydrogens (tertiary/aromatic N) is 1. The van der Waals surface area contributed by atoms with E-state index in [1.54, 1.807) is 6.07 Å². The van der Waals surface area contributed by atoms with Gasteiger partial charge < -0.3 is 14.9 Å². The number of aromatic hydroxyl groups is 1. The van der Waals surface area contributed by atoms with Crippen LogP contribution in [0.15, 0.2) is 48.5 Å². The Bertz CT molecular complexity index is 592.